The van der Waals surface area contributed by atoms with Crippen LogP contribution in [-0.4, -0.2) is 12.7 Å². The largest absolute Gasteiger partial charge is 0.449 e. The Hall–Kier alpha value is -1.77. The van der Waals surface area contributed by atoms with E-state index in [1.807, 2.05) is 31.2 Å². The highest BCUT2D eigenvalue weighted by Gasteiger charge is 2.36. The van der Waals surface area contributed by atoms with Crippen LogP contribution in [-0.2, 0) is 4.74 Å². The Labute approximate surface area is 113 Å². The van der Waals surface area contributed by atoms with Crippen molar-refractivity contribution in [2.24, 2.45) is 17.8 Å². The summed E-state index contributed by atoms with van der Waals surface area (Å²) in [5.74, 6) is 1.86. The van der Waals surface area contributed by atoms with Gasteiger partial charge in [-0.2, -0.15) is 0 Å². The maximum Gasteiger partial charge on any atom is 0.411 e. The minimum atomic E-state index is -0.351. The van der Waals surface area contributed by atoms with Gasteiger partial charge in [0, 0.05) is 11.6 Å². The predicted octanol–water partition coefficient (Wildman–Crippen LogP) is 3.76. The van der Waals surface area contributed by atoms with Crippen molar-refractivity contribution in [2.75, 3.05) is 11.9 Å². The summed E-state index contributed by atoms with van der Waals surface area (Å²) in [6, 6.07) is 7.71. The molecule has 0 unspecified atom stereocenters. The Kier molecular flexibility index (Phi) is 3.28. The van der Waals surface area contributed by atoms with Gasteiger partial charge in [0.1, 0.15) is 0 Å². The van der Waals surface area contributed by atoms with Crippen molar-refractivity contribution in [3.05, 3.63) is 42.0 Å². The first-order chi connectivity index (χ1) is 9.20. The maximum atomic E-state index is 11.7. The molecule has 1 aromatic rings. The minimum Gasteiger partial charge on any atom is -0.449 e. The normalized spacial score (nSPS) is 27.5. The van der Waals surface area contributed by atoms with Crippen molar-refractivity contribution in [1.29, 1.82) is 0 Å². The Bertz CT molecular complexity index is 492. The van der Waals surface area contributed by atoms with Crippen LogP contribution < -0.4 is 5.32 Å². The van der Waals surface area contributed by atoms with Crippen molar-refractivity contribution in [2.45, 2.75) is 19.8 Å². The molecule has 2 aliphatic carbocycles. The molecule has 0 saturated heterocycles. The number of ether oxygens (including phenoxy) is 1. The molecule has 2 aliphatic rings. The number of hydrogen-bond acceptors (Lipinski definition) is 2. The summed E-state index contributed by atoms with van der Waals surface area (Å²) < 4.78 is 5.33. The van der Waals surface area contributed by atoms with Gasteiger partial charge < -0.3 is 4.74 Å². The molecule has 19 heavy (non-hydrogen) atoms. The lowest BCUT2D eigenvalue weighted by molar-refractivity contribution is 0.134. The molecule has 0 aromatic heterocycles. The number of aryl methyl sites for hydroxylation is 1. The number of carbonyl (C=O) groups is 1. The smallest absolute Gasteiger partial charge is 0.411 e. The summed E-state index contributed by atoms with van der Waals surface area (Å²) >= 11 is 0. The molecule has 1 fully saturated rings. The van der Waals surface area contributed by atoms with E-state index < -0.39 is 0 Å². The SMILES string of the molecule is Cc1ccc(NC(=O)OC[C@@H]2C[C@@H]3C=C[C@H]2C3)cc1. The second kappa shape index (κ2) is 5.08. The van der Waals surface area contributed by atoms with Crippen LogP contribution in [0.2, 0.25) is 0 Å². The Balaban J connectivity index is 1.47. The quantitative estimate of drug-likeness (QED) is 0.837. The number of fused-ring (bicyclic) bond motifs is 2. The number of amides is 1. The first-order valence-corrected chi connectivity index (χ1v) is 6.89. The van der Waals surface area contributed by atoms with E-state index in [0.717, 1.165) is 11.6 Å². The predicted molar refractivity (Wildman–Crippen MR) is 75.0 cm³/mol. The standard InChI is InChI=1S/C16H19NO2/c1-11-2-6-15(7-3-11)17-16(18)19-10-14-9-12-4-5-13(14)8-12/h2-7,12-14H,8-10H2,1H3,(H,17,18)/t12-,13+,14+/m1/s1. The van der Waals surface area contributed by atoms with E-state index in [0.29, 0.717) is 18.4 Å². The highest BCUT2D eigenvalue weighted by Crippen LogP contribution is 2.43. The van der Waals surface area contributed by atoms with Crippen LogP contribution in [0.25, 0.3) is 0 Å². The van der Waals surface area contributed by atoms with Crippen molar-refractivity contribution < 1.29 is 9.53 Å². The van der Waals surface area contributed by atoms with Crippen molar-refractivity contribution >= 4 is 11.8 Å². The summed E-state index contributed by atoms with van der Waals surface area (Å²) in [6.45, 7) is 2.55. The molecule has 3 nitrogen and oxygen atoms in total. The van der Waals surface area contributed by atoms with E-state index in [2.05, 4.69) is 17.5 Å². The van der Waals surface area contributed by atoms with E-state index >= 15 is 0 Å². The first kappa shape index (κ1) is 12.3. The average Bonchev–Trinajstić information content (AvgIpc) is 3.01. The van der Waals surface area contributed by atoms with E-state index in [9.17, 15) is 4.79 Å². The summed E-state index contributed by atoms with van der Waals surface area (Å²) in [7, 11) is 0. The molecule has 3 rings (SSSR count). The summed E-state index contributed by atoms with van der Waals surface area (Å²) in [5.41, 5.74) is 1.95. The second-order valence-electron chi connectivity index (χ2n) is 5.63. The maximum absolute atomic E-state index is 11.7. The molecule has 3 heteroatoms. The van der Waals surface area contributed by atoms with E-state index in [4.69, 9.17) is 4.74 Å². The molecule has 0 radical (unpaired) electrons. The van der Waals surface area contributed by atoms with Crippen LogP contribution >= 0.6 is 0 Å². The van der Waals surface area contributed by atoms with Crippen LogP contribution in [0.15, 0.2) is 36.4 Å². The van der Waals surface area contributed by atoms with Gasteiger partial charge in [0.15, 0.2) is 0 Å². The zero-order valence-corrected chi connectivity index (χ0v) is 11.1. The molecule has 100 valence electrons. The van der Waals surface area contributed by atoms with Crippen LogP contribution in [0.4, 0.5) is 10.5 Å². The lowest BCUT2D eigenvalue weighted by Gasteiger charge is -2.17. The average molecular weight is 257 g/mol. The highest BCUT2D eigenvalue weighted by molar-refractivity contribution is 5.84. The van der Waals surface area contributed by atoms with Crippen LogP contribution in [0, 0.1) is 24.7 Å². The molecule has 1 amide bonds. The minimum absolute atomic E-state index is 0.351. The van der Waals surface area contributed by atoms with Crippen molar-refractivity contribution in [1.82, 2.24) is 0 Å². The topological polar surface area (TPSA) is 38.3 Å². The van der Waals surface area contributed by atoms with Crippen molar-refractivity contribution in [3.8, 4) is 0 Å². The Morgan fingerprint density at radius 2 is 2.05 bits per heavy atom. The number of benzene rings is 1. The van der Waals surface area contributed by atoms with Crippen LogP contribution in [0.1, 0.15) is 18.4 Å². The number of rotatable bonds is 3. The van der Waals surface area contributed by atoms with Gasteiger partial charge in [-0.25, -0.2) is 4.79 Å². The monoisotopic (exact) mass is 257 g/mol. The van der Waals surface area contributed by atoms with Gasteiger partial charge in [0.25, 0.3) is 0 Å². The number of nitrogens with one attached hydrogen (secondary N) is 1. The van der Waals surface area contributed by atoms with Gasteiger partial charge in [-0.3, -0.25) is 5.32 Å². The molecule has 1 aromatic carbocycles. The second-order valence-corrected chi connectivity index (χ2v) is 5.63. The molecule has 1 saturated carbocycles. The molecule has 0 aliphatic heterocycles. The van der Waals surface area contributed by atoms with Gasteiger partial charge in [-0.1, -0.05) is 29.8 Å². The fraction of sp³-hybridized carbons (Fsp3) is 0.438. The highest BCUT2D eigenvalue weighted by atomic mass is 16.5. The Morgan fingerprint density at radius 1 is 1.26 bits per heavy atom. The zero-order valence-electron chi connectivity index (χ0n) is 11.1. The van der Waals surface area contributed by atoms with Gasteiger partial charge in [0.05, 0.1) is 6.61 Å². The molecule has 0 heterocycles. The third-order valence-electron chi connectivity index (χ3n) is 4.14. The number of allylic oxidation sites excluding steroid dienone is 2. The van der Waals surface area contributed by atoms with Crippen LogP contribution in [0.3, 0.4) is 0 Å². The molecule has 0 spiro atoms. The van der Waals surface area contributed by atoms with Gasteiger partial charge in [0.2, 0.25) is 0 Å². The van der Waals surface area contributed by atoms with E-state index in [1.54, 1.807) is 0 Å². The first-order valence-electron chi connectivity index (χ1n) is 6.89. The molecule has 2 bridgehead atoms. The molecule has 1 N–H and O–H groups in total. The third kappa shape index (κ3) is 2.80. The number of hydrogen-bond donors (Lipinski definition) is 1. The van der Waals surface area contributed by atoms with Gasteiger partial charge in [-0.05, 0) is 43.7 Å². The van der Waals surface area contributed by atoms with Gasteiger partial charge in [-0.15, -0.1) is 0 Å². The number of anilines is 1. The lowest BCUT2D eigenvalue weighted by Crippen LogP contribution is -2.21. The van der Waals surface area contributed by atoms with E-state index in [1.165, 1.54) is 18.4 Å². The zero-order chi connectivity index (χ0) is 13.2. The summed E-state index contributed by atoms with van der Waals surface area (Å²) in [5, 5.41) is 2.76. The molecular weight excluding hydrogens is 238 g/mol. The third-order valence-corrected chi connectivity index (χ3v) is 4.14. The summed E-state index contributed by atoms with van der Waals surface area (Å²) in [4.78, 5) is 11.7. The van der Waals surface area contributed by atoms with Gasteiger partial charge >= 0.3 is 6.09 Å². The molecule has 3 atom stereocenters. The number of carbonyl (C=O) groups excluding carboxylic acids is 1. The van der Waals surface area contributed by atoms with E-state index in [-0.39, 0.29) is 6.09 Å². The lowest BCUT2D eigenvalue weighted by atomic mass is 9.95. The summed E-state index contributed by atoms with van der Waals surface area (Å²) in [6.07, 6.45) is 6.64. The Morgan fingerprint density at radius 3 is 2.68 bits per heavy atom. The fourth-order valence-electron chi connectivity index (χ4n) is 3.06. The fourth-order valence-corrected chi connectivity index (χ4v) is 3.06. The van der Waals surface area contributed by atoms with Crippen LogP contribution in [0.5, 0.6) is 0 Å². The van der Waals surface area contributed by atoms with Crippen molar-refractivity contribution in [3.63, 3.8) is 0 Å². The molecular formula is C16H19NO2.